The molecule has 2 heterocycles. The third-order valence-electron chi connectivity index (χ3n) is 7.41. The minimum Gasteiger partial charge on any atom is -0.451 e. The molecule has 0 bridgehead atoms. The van der Waals surface area contributed by atoms with Crippen LogP contribution in [0, 0.1) is 5.92 Å². The molecule has 5 rings (SSSR count). The molecule has 1 saturated heterocycles. The average molecular weight is 566 g/mol. The molecule has 216 valence electrons. The number of pyridine rings is 1. The fourth-order valence-corrected chi connectivity index (χ4v) is 5.26. The van der Waals surface area contributed by atoms with Gasteiger partial charge in [-0.25, -0.2) is 9.78 Å². The molecule has 4 aromatic rings. The Morgan fingerprint density at radius 3 is 2.14 bits per heavy atom. The molecule has 1 N–H and O–H groups in total. The van der Waals surface area contributed by atoms with Crippen LogP contribution in [0.2, 0.25) is 0 Å². The summed E-state index contributed by atoms with van der Waals surface area (Å²) in [4.78, 5) is 48.8. The molecule has 3 aromatic carbocycles. The van der Waals surface area contributed by atoms with Crippen molar-refractivity contribution in [3.8, 4) is 11.3 Å². The zero-order valence-corrected chi connectivity index (χ0v) is 24.1. The average Bonchev–Trinajstić information content (AvgIpc) is 3.03. The highest BCUT2D eigenvalue weighted by Crippen LogP contribution is 2.32. The maximum absolute atomic E-state index is 14.3. The Bertz CT molecular complexity index is 1570. The second kappa shape index (κ2) is 12.8. The van der Waals surface area contributed by atoms with Gasteiger partial charge in [-0.05, 0) is 18.2 Å². The van der Waals surface area contributed by atoms with Gasteiger partial charge in [0, 0.05) is 55.2 Å². The van der Waals surface area contributed by atoms with Crippen molar-refractivity contribution in [3.05, 3.63) is 96.1 Å². The Morgan fingerprint density at radius 2 is 1.50 bits per heavy atom. The first-order valence-corrected chi connectivity index (χ1v) is 14.1. The van der Waals surface area contributed by atoms with Crippen molar-refractivity contribution in [3.63, 3.8) is 0 Å². The maximum Gasteiger partial charge on any atom is 0.433 e. The molecule has 0 spiro atoms. The lowest BCUT2D eigenvalue weighted by Gasteiger charge is -2.36. The van der Waals surface area contributed by atoms with E-state index in [1.54, 1.807) is 24.3 Å². The first-order valence-electron chi connectivity index (χ1n) is 14.1. The molecule has 0 aliphatic carbocycles. The first kappa shape index (κ1) is 28.8. The van der Waals surface area contributed by atoms with Gasteiger partial charge in [0.2, 0.25) is 5.91 Å². The SMILES string of the molecule is COC(=O)N(NC(=O)c1c(CN2CCN(C(=O)C(C)C)CC2)c(-c2ccccc2)nc2ccccc12)c1ccccc1. The smallest absolute Gasteiger partial charge is 0.433 e. The van der Waals surface area contributed by atoms with E-state index in [4.69, 9.17) is 9.72 Å². The van der Waals surface area contributed by atoms with E-state index in [9.17, 15) is 14.4 Å². The van der Waals surface area contributed by atoms with Crippen LogP contribution in [0.1, 0.15) is 29.8 Å². The van der Waals surface area contributed by atoms with Gasteiger partial charge in [-0.3, -0.25) is 19.9 Å². The van der Waals surface area contributed by atoms with E-state index in [0.29, 0.717) is 60.6 Å². The molecular weight excluding hydrogens is 530 g/mol. The van der Waals surface area contributed by atoms with E-state index < -0.39 is 12.0 Å². The maximum atomic E-state index is 14.3. The Hall–Kier alpha value is -4.76. The summed E-state index contributed by atoms with van der Waals surface area (Å²) in [6.07, 6.45) is -0.719. The number of aromatic nitrogens is 1. The highest BCUT2D eigenvalue weighted by molar-refractivity contribution is 6.10. The number of anilines is 1. The molecular formula is C33H35N5O4. The molecule has 9 nitrogen and oxygen atoms in total. The monoisotopic (exact) mass is 565 g/mol. The lowest BCUT2D eigenvalue weighted by Crippen LogP contribution is -2.50. The summed E-state index contributed by atoms with van der Waals surface area (Å²) < 4.78 is 5.00. The van der Waals surface area contributed by atoms with Gasteiger partial charge in [0.25, 0.3) is 5.91 Å². The number of carbonyl (C=O) groups excluding carboxylic acids is 3. The van der Waals surface area contributed by atoms with Crippen LogP contribution in [0.5, 0.6) is 0 Å². The van der Waals surface area contributed by atoms with Crippen LogP contribution < -0.4 is 10.4 Å². The molecule has 0 unspecified atom stereocenters. The van der Waals surface area contributed by atoms with E-state index in [-0.39, 0.29) is 11.8 Å². The van der Waals surface area contributed by atoms with E-state index in [1.807, 2.05) is 79.4 Å². The Morgan fingerprint density at radius 1 is 0.881 bits per heavy atom. The number of piperazine rings is 1. The second-order valence-corrected chi connectivity index (χ2v) is 10.5. The van der Waals surface area contributed by atoms with Crippen molar-refractivity contribution in [1.82, 2.24) is 20.2 Å². The number of carbonyl (C=O) groups is 3. The molecule has 1 aliphatic rings. The fourth-order valence-electron chi connectivity index (χ4n) is 5.26. The number of para-hydroxylation sites is 2. The Balaban J connectivity index is 1.59. The van der Waals surface area contributed by atoms with Gasteiger partial charge in [-0.15, -0.1) is 0 Å². The zero-order valence-electron chi connectivity index (χ0n) is 24.1. The number of nitrogens with one attached hydrogen (secondary N) is 1. The summed E-state index contributed by atoms with van der Waals surface area (Å²) in [5, 5.41) is 1.79. The van der Waals surface area contributed by atoms with E-state index in [1.165, 1.54) is 7.11 Å². The summed E-state index contributed by atoms with van der Waals surface area (Å²) in [5.41, 5.74) is 6.70. The number of hydrazine groups is 1. The van der Waals surface area contributed by atoms with Gasteiger partial charge in [-0.2, -0.15) is 5.01 Å². The van der Waals surface area contributed by atoms with Crippen LogP contribution in [0.4, 0.5) is 10.5 Å². The minimum absolute atomic E-state index is 0.0522. The molecule has 42 heavy (non-hydrogen) atoms. The summed E-state index contributed by atoms with van der Waals surface area (Å²) in [6, 6.07) is 26.1. The number of nitrogens with zero attached hydrogens (tertiary/aromatic N) is 4. The quantitative estimate of drug-likeness (QED) is 0.326. The number of methoxy groups -OCH3 is 1. The summed E-state index contributed by atoms with van der Waals surface area (Å²) in [5.74, 6) is -0.358. The predicted molar refractivity (Wildman–Crippen MR) is 163 cm³/mol. The van der Waals surface area contributed by atoms with Crippen LogP contribution in [0.25, 0.3) is 22.2 Å². The number of fused-ring (bicyclic) bond motifs is 1. The molecule has 3 amide bonds. The highest BCUT2D eigenvalue weighted by atomic mass is 16.5. The van der Waals surface area contributed by atoms with Crippen molar-refractivity contribution < 1.29 is 19.1 Å². The van der Waals surface area contributed by atoms with Crippen molar-refractivity contribution in [2.45, 2.75) is 20.4 Å². The van der Waals surface area contributed by atoms with Crippen LogP contribution in [0.3, 0.4) is 0 Å². The molecule has 0 atom stereocenters. The van der Waals surface area contributed by atoms with E-state index in [0.717, 1.165) is 16.1 Å². The predicted octanol–water partition coefficient (Wildman–Crippen LogP) is 5.12. The Kier molecular flexibility index (Phi) is 8.78. The number of benzene rings is 3. The molecule has 0 radical (unpaired) electrons. The largest absolute Gasteiger partial charge is 0.451 e. The standard InChI is InChI=1S/C33H35N5O4/c1-23(2)32(40)37-20-18-36(19-21-37)22-27-29(31(39)35-38(33(41)42-3)25-14-8-5-9-15-25)26-16-10-11-17-28(26)34-30(27)24-12-6-4-7-13-24/h4-17,23H,18-22H2,1-3H3,(H,35,39). The summed E-state index contributed by atoms with van der Waals surface area (Å²) in [6.45, 7) is 6.84. The summed E-state index contributed by atoms with van der Waals surface area (Å²) >= 11 is 0. The third kappa shape index (κ3) is 6.11. The highest BCUT2D eigenvalue weighted by Gasteiger charge is 2.29. The number of hydrogen-bond acceptors (Lipinski definition) is 6. The molecule has 1 fully saturated rings. The number of amides is 3. The third-order valence-corrected chi connectivity index (χ3v) is 7.41. The topological polar surface area (TPSA) is 95.1 Å². The van der Waals surface area contributed by atoms with Crippen LogP contribution in [-0.2, 0) is 16.1 Å². The Labute approximate surface area is 245 Å². The van der Waals surface area contributed by atoms with Crippen molar-refractivity contribution in [2.24, 2.45) is 5.92 Å². The first-order chi connectivity index (χ1) is 20.4. The van der Waals surface area contributed by atoms with Crippen molar-refractivity contribution in [2.75, 3.05) is 38.3 Å². The van der Waals surface area contributed by atoms with Gasteiger partial charge in [0.05, 0.1) is 29.6 Å². The van der Waals surface area contributed by atoms with E-state index >= 15 is 0 Å². The van der Waals surface area contributed by atoms with Gasteiger partial charge in [0.15, 0.2) is 0 Å². The van der Waals surface area contributed by atoms with Crippen LogP contribution in [0.15, 0.2) is 84.9 Å². The fraction of sp³-hybridized carbons (Fsp3) is 0.273. The number of ether oxygens (including phenoxy) is 1. The van der Waals surface area contributed by atoms with Crippen molar-refractivity contribution >= 4 is 34.5 Å². The zero-order chi connectivity index (χ0) is 29.6. The molecule has 1 aromatic heterocycles. The van der Waals surface area contributed by atoms with Gasteiger partial charge in [-0.1, -0.05) is 80.6 Å². The number of hydrogen-bond donors (Lipinski definition) is 1. The normalized spacial score (nSPS) is 13.7. The van der Waals surface area contributed by atoms with Gasteiger partial charge < -0.3 is 9.64 Å². The van der Waals surface area contributed by atoms with Gasteiger partial charge in [0.1, 0.15) is 0 Å². The number of rotatable bonds is 6. The second-order valence-electron chi connectivity index (χ2n) is 10.5. The molecule has 9 heteroatoms. The molecule has 1 aliphatic heterocycles. The van der Waals surface area contributed by atoms with E-state index in [2.05, 4.69) is 10.3 Å². The van der Waals surface area contributed by atoms with Crippen LogP contribution in [-0.4, -0.2) is 66.0 Å². The van der Waals surface area contributed by atoms with Crippen molar-refractivity contribution in [1.29, 1.82) is 0 Å². The lowest BCUT2D eigenvalue weighted by molar-refractivity contribution is -0.136. The van der Waals surface area contributed by atoms with Gasteiger partial charge >= 0.3 is 6.09 Å². The minimum atomic E-state index is -0.719. The molecule has 0 saturated carbocycles. The lowest BCUT2D eigenvalue weighted by atomic mass is 9.95. The van der Waals surface area contributed by atoms with Crippen LogP contribution >= 0.6 is 0 Å². The summed E-state index contributed by atoms with van der Waals surface area (Å²) in [7, 11) is 1.27.